The fourth-order valence-corrected chi connectivity index (χ4v) is 2.70. The van der Waals surface area contributed by atoms with Crippen molar-refractivity contribution >= 4 is 5.69 Å². The molecule has 118 valence electrons. The summed E-state index contributed by atoms with van der Waals surface area (Å²) >= 11 is 0. The summed E-state index contributed by atoms with van der Waals surface area (Å²) in [7, 11) is 1.71. The summed E-state index contributed by atoms with van der Waals surface area (Å²) in [6.07, 6.45) is 5.79. The highest BCUT2D eigenvalue weighted by Crippen LogP contribution is 2.33. The molecule has 3 nitrogen and oxygen atoms in total. The number of benzene rings is 1. The number of nitrogens with two attached hydrogens (primary N) is 1. The van der Waals surface area contributed by atoms with Crippen LogP contribution in [0.15, 0.2) is 42.6 Å². The predicted octanol–water partition coefficient (Wildman–Crippen LogP) is 4.05. The first-order chi connectivity index (χ1) is 10.6. The molecule has 3 N–H and O–H groups in total. The zero-order valence-corrected chi connectivity index (χ0v) is 13.3. The molecule has 1 unspecified atom stereocenters. The molecule has 0 aliphatic rings. The minimum atomic E-state index is -0.699. The second-order valence-electron chi connectivity index (χ2n) is 5.59. The van der Waals surface area contributed by atoms with Gasteiger partial charge in [-0.3, -0.25) is 4.98 Å². The number of hydrogen-bond donors (Lipinski definition) is 2. The van der Waals surface area contributed by atoms with Gasteiger partial charge in [0, 0.05) is 13.2 Å². The van der Waals surface area contributed by atoms with Crippen LogP contribution in [0.1, 0.15) is 43.9 Å². The topological polar surface area (TPSA) is 50.9 Å². The van der Waals surface area contributed by atoms with E-state index in [1.807, 2.05) is 18.2 Å². The van der Waals surface area contributed by atoms with E-state index in [4.69, 9.17) is 5.73 Å². The molecule has 4 heteroatoms. The van der Waals surface area contributed by atoms with Crippen LogP contribution in [0.3, 0.4) is 0 Å². The Morgan fingerprint density at radius 2 is 2.05 bits per heavy atom. The van der Waals surface area contributed by atoms with Crippen molar-refractivity contribution in [2.45, 2.75) is 38.1 Å². The molecular formula is C18H24FN3. The van der Waals surface area contributed by atoms with Gasteiger partial charge in [-0.05, 0) is 36.2 Å². The zero-order chi connectivity index (χ0) is 16.0. The van der Waals surface area contributed by atoms with Crippen LogP contribution < -0.4 is 11.1 Å². The Balaban J connectivity index is 2.44. The highest BCUT2D eigenvalue weighted by atomic mass is 19.1. The van der Waals surface area contributed by atoms with Crippen molar-refractivity contribution in [3.8, 4) is 0 Å². The number of aromatic nitrogens is 1. The second kappa shape index (κ2) is 7.36. The molecule has 0 aliphatic carbocycles. The molecule has 0 radical (unpaired) electrons. The van der Waals surface area contributed by atoms with Crippen molar-refractivity contribution in [2.75, 3.05) is 12.4 Å². The van der Waals surface area contributed by atoms with Crippen molar-refractivity contribution in [1.29, 1.82) is 0 Å². The van der Waals surface area contributed by atoms with Gasteiger partial charge in [0.25, 0.3) is 0 Å². The number of anilines is 1. The molecule has 2 aromatic rings. The number of rotatable bonds is 7. The number of halogens is 1. The maximum Gasteiger partial charge on any atom is 0.146 e. The predicted molar refractivity (Wildman–Crippen MR) is 89.3 cm³/mol. The third kappa shape index (κ3) is 3.45. The molecule has 0 saturated carbocycles. The lowest BCUT2D eigenvalue weighted by atomic mass is 9.82. The van der Waals surface area contributed by atoms with E-state index in [0.29, 0.717) is 5.69 Å². The molecular weight excluding hydrogens is 277 g/mol. The van der Waals surface area contributed by atoms with E-state index in [1.54, 1.807) is 25.4 Å². The fourth-order valence-electron chi connectivity index (χ4n) is 2.70. The molecule has 1 aromatic carbocycles. The first-order valence-electron chi connectivity index (χ1n) is 7.80. The Bertz CT molecular complexity index is 601. The summed E-state index contributed by atoms with van der Waals surface area (Å²) in [4.78, 5) is 4.44. The van der Waals surface area contributed by atoms with Gasteiger partial charge >= 0.3 is 0 Å². The molecule has 1 atom stereocenters. The van der Waals surface area contributed by atoms with Crippen molar-refractivity contribution in [1.82, 2.24) is 4.98 Å². The maximum absolute atomic E-state index is 13.7. The van der Waals surface area contributed by atoms with Gasteiger partial charge in [0.1, 0.15) is 5.82 Å². The van der Waals surface area contributed by atoms with Crippen LogP contribution in [-0.4, -0.2) is 12.0 Å². The standard InChI is InChI=1S/C18H24FN3/c1-3-4-6-11-18(20,17-8-5-7-12-22-17)14-9-10-15(19)16(13-14)21-2/h5,7-10,12-13,21H,3-4,6,11,20H2,1-2H3. The van der Waals surface area contributed by atoms with Gasteiger partial charge in [0.05, 0.1) is 16.9 Å². The number of unbranched alkanes of at least 4 members (excludes halogenated alkanes) is 2. The first-order valence-corrected chi connectivity index (χ1v) is 7.80. The number of pyridine rings is 1. The van der Waals surface area contributed by atoms with E-state index in [-0.39, 0.29) is 5.82 Å². The molecule has 1 heterocycles. The lowest BCUT2D eigenvalue weighted by molar-refractivity contribution is 0.449. The third-order valence-electron chi connectivity index (χ3n) is 4.05. The van der Waals surface area contributed by atoms with Crippen molar-refractivity contribution in [3.63, 3.8) is 0 Å². The Morgan fingerprint density at radius 3 is 2.68 bits per heavy atom. The summed E-state index contributed by atoms with van der Waals surface area (Å²) in [5.41, 5.74) is 8.20. The van der Waals surface area contributed by atoms with Crippen molar-refractivity contribution in [3.05, 3.63) is 59.7 Å². The van der Waals surface area contributed by atoms with Crippen LogP contribution in [0.2, 0.25) is 0 Å². The normalized spacial score (nSPS) is 13.6. The minimum Gasteiger partial charge on any atom is -0.386 e. The maximum atomic E-state index is 13.7. The van der Waals surface area contributed by atoms with Crippen molar-refractivity contribution in [2.24, 2.45) is 5.73 Å². The van der Waals surface area contributed by atoms with Gasteiger partial charge in [-0.25, -0.2) is 4.39 Å². The van der Waals surface area contributed by atoms with Crippen LogP contribution in [0.4, 0.5) is 10.1 Å². The minimum absolute atomic E-state index is 0.275. The van der Waals surface area contributed by atoms with E-state index in [9.17, 15) is 4.39 Å². The lowest BCUT2D eigenvalue weighted by Gasteiger charge is -2.30. The molecule has 0 spiro atoms. The van der Waals surface area contributed by atoms with Crippen LogP contribution >= 0.6 is 0 Å². The van der Waals surface area contributed by atoms with Gasteiger partial charge in [0.2, 0.25) is 0 Å². The molecule has 0 fully saturated rings. The van der Waals surface area contributed by atoms with Gasteiger partial charge in [-0.1, -0.05) is 38.3 Å². The zero-order valence-electron chi connectivity index (χ0n) is 13.3. The van der Waals surface area contributed by atoms with Crippen LogP contribution in [0, 0.1) is 5.82 Å². The van der Waals surface area contributed by atoms with E-state index in [0.717, 1.165) is 36.9 Å². The van der Waals surface area contributed by atoms with Gasteiger partial charge < -0.3 is 11.1 Å². The summed E-state index contributed by atoms with van der Waals surface area (Å²) in [5, 5.41) is 2.88. The third-order valence-corrected chi connectivity index (χ3v) is 4.05. The molecule has 0 amide bonds. The summed E-state index contributed by atoms with van der Waals surface area (Å²) in [6, 6.07) is 10.8. The summed E-state index contributed by atoms with van der Waals surface area (Å²) < 4.78 is 13.7. The van der Waals surface area contributed by atoms with Gasteiger partial charge in [-0.2, -0.15) is 0 Å². The SMILES string of the molecule is CCCCCC(N)(c1ccc(F)c(NC)c1)c1ccccn1. The highest BCUT2D eigenvalue weighted by Gasteiger charge is 2.31. The monoisotopic (exact) mass is 301 g/mol. The number of hydrogen-bond acceptors (Lipinski definition) is 3. The summed E-state index contributed by atoms with van der Waals surface area (Å²) in [5.74, 6) is -0.275. The number of nitrogens with zero attached hydrogens (tertiary/aromatic N) is 1. The largest absolute Gasteiger partial charge is 0.386 e. The molecule has 1 aromatic heterocycles. The first kappa shape index (κ1) is 16.4. The van der Waals surface area contributed by atoms with E-state index < -0.39 is 5.54 Å². The lowest BCUT2D eigenvalue weighted by Crippen LogP contribution is -2.39. The number of nitrogens with one attached hydrogen (secondary N) is 1. The molecule has 0 saturated heterocycles. The van der Waals surface area contributed by atoms with Crippen LogP contribution in [-0.2, 0) is 5.54 Å². The summed E-state index contributed by atoms with van der Waals surface area (Å²) in [6.45, 7) is 2.16. The molecule has 0 bridgehead atoms. The average molecular weight is 301 g/mol. The Morgan fingerprint density at radius 1 is 1.23 bits per heavy atom. The van der Waals surface area contributed by atoms with Crippen LogP contribution in [0.5, 0.6) is 0 Å². The van der Waals surface area contributed by atoms with E-state index in [1.165, 1.54) is 6.07 Å². The Labute approximate surface area is 131 Å². The van der Waals surface area contributed by atoms with Gasteiger partial charge in [-0.15, -0.1) is 0 Å². The Kier molecular flexibility index (Phi) is 5.50. The smallest absolute Gasteiger partial charge is 0.146 e. The second-order valence-corrected chi connectivity index (χ2v) is 5.59. The molecule has 22 heavy (non-hydrogen) atoms. The van der Waals surface area contributed by atoms with E-state index >= 15 is 0 Å². The average Bonchev–Trinajstić information content (AvgIpc) is 2.56. The highest BCUT2D eigenvalue weighted by molar-refractivity contribution is 5.50. The fraction of sp³-hybridized carbons (Fsp3) is 0.389. The van der Waals surface area contributed by atoms with Crippen LogP contribution in [0.25, 0.3) is 0 Å². The Hall–Kier alpha value is -1.94. The van der Waals surface area contributed by atoms with Crippen molar-refractivity contribution < 1.29 is 4.39 Å². The quantitative estimate of drug-likeness (QED) is 0.759. The van der Waals surface area contributed by atoms with E-state index in [2.05, 4.69) is 17.2 Å². The van der Waals surface area contributed by atoms with Gasteiger partial charge in [0.15, 0.2) is 0 Å². The molecule has 0 aliphatic heterocycles. The molecule has 2 rings (SSSR count).